The second kappa shape index (κ2) is 8.23. The van der Waals surface area contributed by atoms with Crippen LogP contribution in [-0.2, 0) is 4.79 Å². The number of carbonyl (C=O) groups excluding carboxylic acids is 1. The maximum absolute atomic E-state index is 11.6. The minimum absolute atomic E-state index is 0.0521. The van der Waals surface area contributed by atoms with Crippen molar-refractivity contribution in [2.45, 2.75) is 45.4 Å². The number of halogens is 1. The van der Waals surface area contributed by atoms with Crippen LogP contribution in [-0.4, -0.2) is 10.9 Å². The Hall–Kier alpha value is -0.900. The zero-order chi connectivity index (χ0) is 12.5. The van der Waals surface area contributed by atoms with E-state index in [9.17, 15) is 4.79 Å². The van der Waals surface area contributed by atoms with Gasteiger partial charge in [0.25, 0.3) is 0 Å². The van der Waals surface area contributed by atoms with Gasteiger partial charge in [0, 0.05) is 17.1 Å². The van der Waals surface area contributed by atoms with Crippen LogP contribution in [0, 0.1) is 0 Å². The minimum Gasteiger partial charge on any atom is -0.311 e. The summed E-state index contributed by atoms with van der Waals surface area (Å²) in [7, 11) is 0. The highest BCUT2D eigenvalue weighted by molar-refractivity contribution is 9.10. The summed E-state index contributed by atoms with van der Waals surface area (Å²) in [6.07, 6.45) is 8.07. The van der Waals surface area contributed by atoms with Gasteiger partial charge in [-0.15, -0.1) is 0 Å². The predicted octanol–water partition coefficient (Wildman–Crippen LogP) is 4.14. The fraction of sp³-hybridized carbons (Fsp3) is 0.538. The fourth-order valence-electron chi connectivity index (χ4n) is 1.54. The summed E-state index contributed by atoms with van der Waals surface area (Å²) >= 11 is 3.30. The number of hydrogen-bond donors (Lipinski definition) is 1. The van der Waals surface area contributed by atoms with E-state index < -0.39 is 0 Å². The molecule has 0 aliphatic heterocycles. The highest BCUT2D eigenvalue weighted by Gasteiger charge is 2.02. The molecule has 0 fully saturated rings. The van der Waals surface area contributed by atoms with E-state index in [1.54, 1.807) is 12.3 Å². The number of anilines is 1. The highest BCUT2D eigenvalue weighted by Crippen LogP contribution is 2.11. The van der Waals surface area contributed by atoms with E-state index in [1.807, 2.05) is 6.07 Å². The summed E-state index contributed by atoms with van der Waals surface area (Å²) in [4.78, 5) is 15.7. The van der Waals surface area contributed by atoms with E-state index in [1.165, 1.54) is 19.3 Å². The first-order chi connectivity index (χ1) is 8.22. The van der Waals surface area contributed by atoms with Crippen LogP contribution in [0.15, 0.2) is 22.8 Å². The number of nitrogens with one attached hydrogen (secondary N) is 1. The zero-order valence-electron chi connectivity index (χ0n) is 10.2. The van der Waals surface area contributed by atoms with E-state index in [2.05, 4.69) is 33.2 Å². The van der Waals surface area contributed by atoms with Gasteiger partial charge in [0.1, 0.15) is 5.82 Å². The van der Waals surface area contributed by atoms with Crippen molar-refractivity contribution < 1.29 is 4.79 Å². The molecule has 0 saturated heterocycles. The van der Waals surface area contributed by atoms with Crippen molar-refractivity contribution in [3.05, 3.63) is 22.8 Å². The van der Waals surface area contributed by atoms with Crippen molar-refractivity contribution in [1.29, 1.82) is 0 Å². The van der Waals surface area contributed by atoms with Gasteiger partial charge in [0.15, 0.2) is 0 Å². The van der Waals surface area contributed by atoms with Gasteiger partial charge < -0.3 is 5.32 Å². The molecule has 1 N–H and O–H groups in total. The Morgan fingerprint density at radius 3 is 2.71 bits per heavy atom. The smallest absolute Gasteiger partial charge is 0.225 e. The average molecular weight is 299 g/mol. The molecule has 3 nitrogen and oxygen atoms in total. The van der Waals surface area contributed by atoms with Gasteiger partial charge in [-0.1, -0.05) is 32.6 Å². The molecule has 1 amide bonds. The molecule has 0 spiro atoms. The molecule has 0 bridgehead atoms. The second-order valence-corrected chi connectivity index (χ2v) is 4.99. The van der Waals surface area contributed by atoms with E-state index in [-0.39, 0.29) is 5.91 Å². The van der Waals surface area contributed by atoms with Crippen molar-refractivity contribution in [2.75, 3.05) is 5.32 Å². The standard InChI is InChI=1S/C13H19BrN2O/c1-2-3-4-5-6-7-13(17)16-12-9-8-11(14)10-15-12/h8-10H,2-7H2,1H3,(H,15,16,17). The van der Waals surface area contributed by atoms with Gasteiger partial charge in [-0.25, -0.2) is 4.98 Å². The Kier molecular flexibility index (Phi) is 6.86. The average Bonchev–Trinajstić information content (AvgIpc) is 2.32. The molecule has 0 atom stereocenters. The molecular formula is C13H19BrN2O. The molecule has 17 heavy (non-hydrogen) atoms. The molecule has 4 heteroatoms. The molecule has 0 saturated carbocycles. The monoisotopic (exact) mass is 298 g/mol. The first-order valence-electron chi connectivity index (χ1n) is 6.13. The van der Waals surface area contributed by atoms with Gasteiger partial charge in [-0.2, -0.15) is 0 Å². The summed E-state index contributed by atoms with van der Waals surface area (Å²) in [6, 6.07) is 3.66. The molecule has 94 valence electrons. The first-order valence-corrected chi connectivity index (χ1v) is 6.93. The van der Waals surface area contributed by atoms with Crippen molar-refractivity contribution in [3.8, 4) is 0 Å². The van der Waals surface area contributed by atoms with Crippen LogP contribution in [0.3, 0.4) is 0 Å². The molecule has 1 heterocycles. The van der Waals surface area contributed by atoms with Gasteiger partial charge in [-0.3, -0.25) is 4.79 Å². The normalized spacial score (nSPS) is 10.2. The van der Waals surface area contributed by atoms with E-state index in [0.717, 1.165) is 17.3 Å². The fourth-order valence-corrected chi connectivity index (χ4v) is 1.78. The topological polar surface area (TPSA) is 42.0 Å². The van der Waals surface area contributed by atoms with E-state index in [0.29, 0.717) is 12.2 Å². The van der Waals surface area contributed by atoms with Gasteiger partial charge in [-0.05, 0) is 34.5 Å². The maximum Gasteiger partial charge on any atom is 0.225 e. The summed E-state index contributed by atoms with van der Waals surface area (Å²) < 4.78 is 0.912. The Labute approximate surface area is 111 Å². The Balaban J connectivity index is 2.18. The second-order valence-electron chi connectivity index (χ2n) is 4.07. The molecule has 0 unspecified atom stereocenters. The van der Waals surface area contributed by atoms with Crippen LogP contribution in [0.25, 0.3) is 0 Å². The van der Waals surface area contributed by atoms with E-state index in [4.69, 9.17) is 0 Å². The summed E-state index contributed by atoms with van der Waals surface area (Å²) in [6.45, 7) is 2.19. The predicted molar refractivity (Wildman–Crippen MR) is 73.9 cm³/mol. The molecule has 1 aromatic rings. The molecule has 0 aliphatic carbocycles. The Bertz CT molecular complexity index is 338. The van der Waals surface area contributed by atoms with E-state index >= 15 is 0 Å². The summed E-state index contributed by atoms with van der Waals surface area (Å²) in [5.74, 6) is 0.670. The summed E-state index contributed by atoms with van der Waals surface area (Å²) in [5.41, 5.74) is 0. The van der Waals surface area contributed by atoms with Crippen molar-refractivity contribution in [1.82, 2.24) is 4.98 Å². The lowest BCUT2D eigenvalue weighted by molar-refractivity contribution is -0.116. The number of rotatable bonds is 7. The minimum atomic E-state index is 0.0521. The SMILES string of the molecule is CCCCCCCC(=O)Nc1ccc(Br)cn1. The lowest BCUT2D eigenvalue weighted by Gasteiger charge is -2.04. The van der Waals surface area contributed by atoms with Gasteiger partial charge in [0.05, 0.1) is 0 Å². The van der Waals surface area contributed by atoms with Crippen LogP contribution in [0.1, 0.15) is 45.4 Å². The van der Waals surface area contributed by atoms with Gasteiger partial charge >= 0.3 is 0 Å². The highest BCUT2D eigenvalue weighted by atomic mass is 79.9. The van der Waals surface area contributed by atoms with Crippen LogP contribution in [0.2, 0.25) is 0 Å². The van der Waals surface area contributed by atoms with Crippen molar-refractivity contribution in [3.63, 3.8) is 0 Å². The largest absolute Gasteiger partial charge is 0.311 e. The van der Waals surface area contributed by atoms with Crippen LogP contribution in [0.4, 0.5) is 5.82 Å². The number of nitrogens with zero attached hydrogens (tertiary/aromatic N) is 1. The van der Waals surface area contributed by atoms with Crippen LogP contribution in [0.5, 0.6) is 0 Å². The third kappa shape index (κ3) is 6.41. The molecule has 1 aromatic heterocycles. The number of pyridine rings is 1. The molecule has 0 radical (unpaired) electrons. The zero-order valence-corrected chi connectivity index (χ0v) is 11.8. The molecule has 1 rings (SSSR count). The number of hydrogen-bond acceptors (Lipinski definition) is 2. The third-order valence-corrected chi connectivity index (χ3v) is 2.97. The van der Waals surface area contributed by atoms with Crippen molar-refractivity contribution >= 4 is 27.7 Å². The lowest BCUT2D eigenvalue weighted by Crippen LogP contribution is -2.11. The quantitative estimate of drug-likeness (QED) is 0.769. The van der Waals surface area contributed by atoms with Gasteiger partial charge in [0.2, 0.25) is 5.91 Å². The third-order valence-electron chi connectivity index (χ3n) is 2.50. The first kappa shape index (κ1) is 14.2. The van der Waals surface area contributed by atoms with Crippen molar-refractivity contribution in [2.24, 2.45) is 0 Å². The molecule has 0 aromatic carbocycles. The molecular weight excluding hydrogens is 280 g/mol. The number of aromatic nitrogens is 1. The van der Waals surface area contributed by atoms with Crippen LogP contribution < -0.4 is 5.32 Å². The van der Waals surface area contributed by atoms with Crippen LogP contribution >= 0.6 is 15.9 Å². The maximum atomic E-state index is 11.6. The number of amides is 1. The number of carbonyl (C=O) groups is 1. The number of unbranched alkanes of at least 4 members (excludes halogenated alkanes) is 4. The molecule has 0 aliphatic rings. The lowest BCUT2D eigenvalue weighted by atomic mass is 10.1. The summed E-state index contributed by atoms with van der Waals surface area (Å²) in [5, 5.41) is 2.79. The Morgan fingerprint density at radius 1 is 1.29 bits per heavy atom. The Morgan fingerprint density at radius 2 is 2.06 bits per heavy atom.